The zero-order valence-corrected chi connectivity index (χ0v) is 21.5. The minimum Gasteiger partial charge on any atom is -0.357 e. The number of piperidine rings is 2. The molecule has 2 aromatic rings. The molecule has 36 heavy (non-hydrogen) atoms. The third kappa shape index (κ3) is 5.31. The number of hydrogen-bond donors (Lipinski definition) is 1. The van der Waals surface area contributed by atoms with Gasteiger partial charge in [-0.05, 0) is 57.2 Å². The molecule has 0 bridgehead atoms. The predicted octanol–water partition coefficient (Wildman–Crippen LogP) is 3.66. The van der Waals surface area contributed by atoms with Crippen LogP contribution >= 0.6 is 0 Å². The highest BCUT2D eigenvalue weighted by Gasteiger charge is 2.42. The monoisotopic (exact) mass is 498 g/mol. The summed E-state index contributed by atoms with van der Waals surface area (Å²) in [5.41, 5.74) is 1.27. The quantitative estimate of drug-likeness (QED) is 0.694. The Hall–Kier alpha value is -2.81. The number of aromatic nitrogens is 2. The lowest BCUT2D eigenvalue weighted by Gasteiger charge is -2.48. The SMILES string of the molecule is Cc1cc(N2CCC3(CC2)CN(c2cc(F)c(CN4CCC(C)(C)CC4)cc2F)CC(=O)N3)ncn1. The number of aryl methyl sites for hydroxylation is 1. The molecule has 3 fully saturated rings. The molecule has 0 atom stereocenters. The number of hydrogen-bond acceptors (Lipinski definition) is 6. The maximum absolute atomic E-state index is 15.3. The second kappa shape index (κ2) is 9.57. The molecule has 3 aliphatic heterocycles. The Balaban J connectivity index is 1.28. The molecule has 1 N–H and O–H groups in total. The topological polar surface area (TPSA) is 64.6 Å². The van der Waals surface area contributed by atoms with E-state index in [1.165, 1.54) is 12.1 Å². The molecule has 1 spiro atoms. The molecule has 0 saturated carbocycles. The number of carbonyl (C=O) groups excluding carboxylic acids is 1. The normalized spacial score (nSPS) is 22.1. The highest BCUT2D eigenvalue weighted by molar-refractivity contribution is 5.84. The summed E-state index contributed by atoms with van der Waals surface area (Å²) in [7, 11) is 0. The van der Waals surface area contributed by atoms with Crippen molar-refractivity contribution in [1.29, 1.82) is 0 Å². The first-order valence-corrected chi connectivity index (χ1v) is 12.9. The van der Waals surface area contributed by atoms with E-state index < -0.39 is 17.2 Å². The molecule has 0 aliphatic carbocycles. The van der Waals surface area contributed by atoms with E-state index in [0.29, 0.717) is 50.0 Å². The first-order chi connectivity index (χ1) is 17.1. The lowest BCUT2D eigenvalue weighted by atomic mass is 9.82. The number of anilines is 2. The maximum Gasteiger partial charge on any atom is 0.240 e. The minimum absolute atomic E-state index is 0.0213. The van der Waals surface area contributed by atoms with Gasteiger partial charge in [0.15, 0.2) is 0 Å². The van der Waals surface area contributed by atoms with Crippen LogP contribution in [0, 0.1) is 24.0 Å². The van der Waals surface area contributed by atoms with E-state index >= 15 is 8.78 Å². The summed E-state index contributed by atoms with van der Waals surface area (Å²) in [6.07, 6.45) is 5.06. The third-order valence-electron chi connectivity index (χ3n) is 8.13. The van der Waals surface area contributed by atoms with Crippen molar-refractivity contribution in [2.24, 2.45) is 5.41 Å². The number of piperazine rings is 1. The highest BCUT2D eigenvalue weighted by Crippen LogP contribution is 2.34. The Bertz CT molecular complexity index is 1120. The number of amides is 1. The molecule has 1 aromatic heterocycles. The van der Waals surface area contributed by atoms with Crippen LogP contribution in [-0.4, -0.2) is 65.6 Å². The van der Waals surface area contributed by atoms with Crippen molar-refractivity contribution in [3.8, 4) is 0 Å². The molecule has 194 valence electrons. The van der Waals surface area contributed by atoms with Crippen LogP contribution in [-0.2, 0) is 11.3 Å². The van der Waals surface area contributed by atoms with Gasteiger partial charge in [0.25, 0.3) is 0 Å². The van der Waals surface area contributed by atoms with Crippen molar-refractivity contribution in [2.75, 3.05) is 49.1 Å². The van der Waals surface area contributed by atoms with E-state index in [2.05, 4.69) is 38.9 Å². The summed E-state index contributed by atoms with van der Waals surface area (Å²) in [6, 6.07) is 4.56. The van der Waals surface area contributed by atoms with Gasteiger partial charge in [0.2, 0.25) is 5.91 Å². The van der Waals surface area contributed by atoms with Crippen LogP contribution in [0.5, 0.6) is 0 Å². The number of halogens is 2. The van der Waals surface area contributed by atoms with E-state index in [4.69, 9.17) is 0 Å². The Labute approximate surface area is 211 Å². The summed E-state index contributed by atoms with van der Waals surface area (Å²) < 4.78 is 30.5. The number of nitrogens with zero attached hydrogens (tertiary/aromatic N) is 5. The molecule has 9 heteroatoms. The molecule has 7 nitrogen and oxygen atoms in total. The van der Waals surface area contributed by atoms with E-state index in [1.54, 1.807) is 11.2 Å². The van der Waals surface area contributed by atoms with Crippen molar-refractivity contribution in [3.63, 3.8) is 0 Å². The largest absolute Gasteiger partial charge is 0.357 e. The van der Waals surface area contributed by atoms with Gasteiger partial charge in [-0.3, -0.25) is 9.69 Å². The Kier molecular flexibility index (Phi) is 6.61. The first kappa shape index (κ1) is 24.9. The van der Waals surface area contributed by atoms with Crippen molar-refractivity contribution >= 4 is 17.4 Å². The smallest absolute Gasteiger partial charge is 0.240 e. The fraction of sp³-hybridized carbons (Fsp3) is 0.593. The molecule has 3 aliphatic rings. The molecule has 3 saturated heterocycles. The van der Waals surface area contributed by atoms with Crippen molar-refractivity contribution in [3.05, 3.63) is 47.4 Å². The van der Waals surface area contributed by atoms with E-state index in [1.807, 2.05) is 13.0 Å². The van der Waals surface area contributed by atoms with Crippen LogP contribution in [0.15, 0.2) is 24.5 Å². The van der Waals surface area contributed by atoms with Gasteiger partial charge in [-0.2, -0.15) is 0 Å². The highest BCUT2D eigenvalue weighted by atomic mass is 19.1. The van der Waals surface area contributed by atoms with Crippen LogP contribution in [0.25, 0.3) is 0 Å². The van der Waals surface area contributed by atoms with E-state index in [0.717, 1.165) is 37.4 Å². The lowest BCUT2D eigenvalue weighted by Crippen LogP contribution is -2.66. The van der Waals surface area contributed by atoms with E-state index in [-0.39, 0.29) is 18.1 Å². The first-order valence-electron chi connectivity index (χ1n) is 12.9. The minimum atomic E-state index is -0.476. The van der Waals surface area contributed by atoms with Crippen LogP contribution in [0.4, 0.5) is 20.3 Å². The second-order valence-electron chi connectivity index (χ2n) is 11.5. The molecule has 0 unspecified atom stereocenters. The molecule has 4 heterocycles. The molecule has 1 amide bonds. The standard InChI is InChI=1S/C27H36F2N6O/c1-19-12-24(31-18-30-19)34-10-6-27(7-11-34)17-35(16-25(36)32-27)23-14-21(28)20(13-22(23)29)15-33-8-4-26(2,3)5-9-33/h12-14,18H,4-11,15-17H2,1-3H3,(H,32,36). The van der Waals surface area contributed by atoms with Crippen molar-refractivity contribution in [2.45, 2.75) is 58.5 Å². The number of carbonyl (C=O) groups is 1. The Morgan fingerprint density at radius 3 is 2.36 bits per heavy atom. The summed E-state index contributed by atoms with van der Waals surface area (Å²) >= 11 is 0. The number of likely N-dealkylation sites (tertiary alicyclic amines) is 1. The average Bonchev–Trinajstić information content (AvgIpc) is 2.82. The molecule has 0 radical (unpaired) electrons. The number of nitrogens with one attached hydrogen (secondary N) is 1. The predicted molar refractivity (Wildman–Crippen MR) is 136 cm³/mol. The number of benzene rings is 1. The van der Waals surface area contributed by atoms with Gasteiger partial charge in [0.1, 0.15) is 23.8 Å². The summed E-state index contributed by atoms with van der Waals surface area (Å²) in [5.74, 6) is -0.169. The van der Waals surface area contributed by atoms with Gasteiger partial charge < -0.3 is 15.1 Å². The molecule has 5 rings (SSSR count). The van der Waals surface area contributed by atoms with Gasteiger partial charge in [0.05, 0.1) is 17.8 Å². The average molecular weight is 499 g/mol. The van der Waals surface area contributed by atoms with Crippen molar-refractivity contribution in [1.82, 2.24) is 20.2 Å². The summed E-state index contributed by atoms with van der Waals surface area (Å²) in [6.45, 7) is 10.5. The van der Waals surface area contributed by atoms with E-state index in [9.17, 15) is 4.79 Å². The number of rotatable bonds is 4. The van der Waals surface area contributed by atoms with Crippen LogP contribution in [0.2, 0.25) is 0 Å². The molecular weight excluding hydrogens is 462 g/mol. The van der Waals surface area contributed by atoms with Gasteiger partial charge in [0, 0.05) is 49.6 Å². The summed E-state index contributed by atoms with van der Waals surface area (Å²) in [5, 5.41) is 3.16. The van der Waals surface area contributed by atoms with Gasteiger partial charge in [-0.1, -0.05) is 13.8 Å². The zero-order valence-electron chi connectivity index (χ0n) is 21.5. The molecule has 1 aromatic carbocycles. The Morgan fingerprint density at radius 1 is 0.944 bits per heavy atom. The van der Waals surface area contributed by atoms with Crippen LogP contribution in [0.1, 0.15) is 50.8 Å². The fourth-order valence-corrected chi connectivity index (χ4v) is 5.70. The second-order valence-corrected chi connectivity index (χ2v) is 11.5. The third-order valence-corrected chi connectivity index (χ3v) is 8.13. The lowest BCUT2D eigenvalue weighted by molar-refractivity contribution is -0.123. The van der Waals surface area contributed by atoms with Gasteiger partial charge in [-0.25, -0.2) is 18.7 Å². The Morgan fingerprint density at radius 2 is 1.67 bits per heavy atom. The van der Waals surface area contributed by atoms with Gasteiger partial charge >= 0.3 is 0 Å². The molecular formula is C27H36F2N6O. The van der Waals surface area contributed by atoms with Crippen LogP contribution < -0.4 is 15.1 Å². The van der Waals surface area contributed by atoms with Gasteiger partial charge in [-0.15, -0.1) is 0 Å². The maximum atomic E-state index is 15.3. The van der Waals surface area contributed by atoms with Crippen LogP contribution in [0.3, 0.4) is 0 Å². The van der Waals surface area contributed by atoms with Crippen molar-refractivity contribution < 1.29 is 13.6 Å². The zero-order chi connectivity index (χ0) is 25.5. The fourth-order valence-electron chi connectivity index (χ4n) is 5.70. The summed E-state index contributed by atoms with van der Waals surface area (Å²) in [4.78, 5) is 27.3.